The average Bonchev–Trinajstić information content (AvgIpc) is 2.57. The van der Waals surface area contributed by atoms with Crippen molar-refractivity contribution in [3.63, 3.8) is 0 Å². The standard InChI is InChI=1S/C18H17F2NO3/c1-24-18(23)16(9-12-5-3-2-4-6-12)21-17(22)10-13-7-8-14(19)11-15(13)20/h2-8,11,16H,9-10H2,1H3,(H,21,22)/t16-/m0/s1. The van der Waals surface area contributed by atoms with Crippen molar-refractivity contribution < 1.29 is 23.1 Å². The van der Waals surface area contributed by atoms with Crippen LogP contribution in [-0.4, -0.2) is 25.0 Å². The van der Waals surface area contributed by atoms with E-state index in [0.717, 1.165) is 11.6 Å². The molecule has 2 aromatic carbocycles. The van der Waals surface area contributed by atoms with E-state index in [9.17, 15) is 18.4 Å². The largest absolute Gasteiger partial charge is 0.467 e. The molecule has 0 aliphatic rings. The zero-order valence-corrected chi connectivity index (χ0v) is 13.1. The van der Waals surface area contributed by atoms with Crippen molar-refractivity contribution in [2.75, 3.05) is 7.11 Å². The third kappa shape index (κ3) is 4.87. The van der Waals surface area contributed by atoms with E-state index in [1.165, 1.54) is 13.2 Å². The van der Waals surface area contributed by atoms with E-state index in [0.29, 0.717) is 6.07 Å². The maximum absolute atomic E-state index is 13.6. The van der Waals surface area contributed by atoms with Gasteiger partial charge < -0.3 is 10.1 Å². The minimum atomic E-state index is -0.881. The van der Waals surface area contributed by atoms with Crippen molar-refractivity contribution in [3.8, 4) is 0 Å². The summed E-state index contributed by atoms with van der Waals surface area (Å²) < 4.78 is 31.2. The van der Waals surface area contributed by atoms with E-state index in [4.69, 9.17) is 4.74 Å². The van der Waals surface area contributed by atoms with E-state index < -0.39 is 29.6 Å². The first kappa shape index (κ1) is 17.6. The minimum Gasteiger partial charge on any atom is -0.467 e. The molecule has 1 amide bonds. The summed E-state index contributed by atoms with van der Waals surface area (Å²) in [6, 6.07) is 11.2. The number of halogens is 2. The Bertz CT molecular complexity index is 719. The third-order valence-electron chi connectivity index (χ3n) is 3.47. The number of hydrogen-bond acceptors (Lipinski definition) is 3. The van der Waals surface area contributed by atoms with E-state index >= 15 is 0 Å². The number of nitrogens with one attached hydrogen (secondary N) is 1. The fraction of sp³-hybridized carbons (Fsp3) is 0.222. The predicted octanol–water partition coefficient (Wildman–Crippen LogP) is 2.41. The Morgan fingerprint density at radius 1 is 1.12 bits per heavy atom. The first-order chi connectivity index (χ1) is 11.5. The number of methoxy groups -OCH3 is 1. The van der Waals surface area contributed by atoms with Gasteiger partial charge in [-0.1, -0.05) is 36.4 Å². The van der Waals surface area contributed by atoms with E-state index in [-0.39, 0.29) is 18.4 Å². The second-order valence-corrected chi connectivity index (χ2v) is 5.25. The molecule has 0 fully saturated rings. The second-order valence-electron chi connectivity index (χ2n) is 5.25. The van der Waals surface area contributed by atoms with E-state index in [2.05, 4.69) is 5.32 Å². The summed E-state index contributed by atoms with van der Waals surface area (Å²) >= 11 is 0. The van der Waals surface area contributed by atoms with E-state index in [1.54, 1.807) is 0 Å². The van der Waals surface area contributed by atoms with Gasteiger partial charge in [0.25, 0.3) is 0 Å². The third-order valence-corrected chi connectivity index (χ3v) is 3.47. The molecule has 0 spiro atoms. The van der Waals surface area contributed by atoms with Gasteiger partial charge in [-0.3, -0.25) is 4.79 Å². The van der Waals surface area contributed by atoms with Crippen LogP contribution in [0, 0.1) is 11.6 Å². The Morgan fingerprint density at radius 3 is 2.46 bits per heavy atom. The molecular weight excluding hydrogens is 316 g/mol. The summed E-state index contributed by atoms with van der Waals surface area (Å²) in [7, 11) is 1.23. The molecule has 1 atom stereocenters. The van der Waals surface area contributed by atoms with Gasteiger partial charge in [-0.15, -0.1) is 0 Å². The lowest BCUT2D eigenvalue weighted by atomic mass is 10.1. The molecule has 0 saturated carbocycles. The van der Waals surface area contributed by atoms with Gasteiger partial charge in [0.15, 0.2) is 0 Å². The fourth-order valence-corrected chi connectivity index (χ4v) is 2.27. The van der Waals surface area contributed by atoms with Crippen molar-refractivity contribution in [1.29, 1.82) is 0 Å². The first-order valence-electron chi connectivity index (χ1n) is 7.34. The van der Waals surface area contributed by atoms with Crippen LogP contribution in [-0.2, 0) is 27.2 Å². The molecule has 0 aliphatic carbocycles. The normalized spacial score (nSPS) is 11.6. The number of benzene rings is 2. The lowest BCUT2D eigenvalue weighted by Gasteiger charge is -2.17. The Morgan fingerprint density at radius 2 is 1.83 bits per heavy atom. The zero-order chi connectivity index (χ0) is 17.5. The Kier molecular flexibility index (Phi) is 6.01. The molecule has 0 aromatic heterocycles. The number of ether oxygens (including phenoxy) is 1. The van der Waals surface area contributed by atoms with Gasteiger partial charge in [-0.05, 0) is 17.2 Å². The van der Waals surface area contributed by atoms with Gasteiger partial charge in [0.05, 0.1) is 13.5 Å². The Balaban J connectivity index is 2.05. The SMILES string of the molecule is COC(=O)[C@H](Cc1ccccc1)NC(=O)Cc1ccc(F)cc1F. The van der Waals surface area contributed by atoms with Crippen LogP contribution in [0.3, 0.4) is 0 Å². The van der Waals surface area contributed by atoms with Crippen molar-refractivity contribution in [1.82, 2.24) is 5.32 Å². The average molecular weight is 333 g/mol. The molecule has 2 rings (SSSR count). The quantitative estimate of drug-likeness (QED) is 0.826. The molecule has 0 radical (unpaired) electrons. The number of amides is 1. The molecule has 0 aliphatic heterocycles. The molecule has 4 nitrogen and oxygen atoms in total. The van der Waals surface area contributed by atoms with Crippen molar-refractivity contribution >= 4 is 11.9 Å². The molecule has 0 unspecified atom stereocenters. The van der Waals surface area contributed by atoms with Gasteiger partial charge in [-0.2, -0.15) is 0 Å². The highest BCUT2D eigenvalue weighted by Crippen LogP contribution is 2.11. The number of carbonyl (C=O) groups excluding carboxylic acids is 2. The summed E-state index contributed by atoms with van der Waals surface area (Å²) in [6.45, 7) is 0. The number of rotatable bonds is 6. The summed E-state index contributed by atoms with van der Waals surface area (Å²) in [5, 5.41) is 2.53. The van der Waals surface area contributed by atoms with Gasteiger partial charge in [-0.25, -0.2) is 13.6 Å². The van der Waals surface area contributed by atoms with Crippen LogP contribution in [0.2, 0.25) is 0 Å². The summed E-state index contributed by atoms with van der Waals surface area (Å²) in [6.07, 6.45) is -0.0421. The van der Waals surface area contributed by atoms with Crippen LogP contribution in [0.5, 0.6) is 0 Å². The molecule has 126 valence electrons. The summed E-state index contributed by atoms with van der Waals surface area (Å²) in [5.74, 6) is -2.66. The molecular formula is C18H17F2NO3. The second kappa shape index (κ2) is 8.19. The van der Waals surface area contributed by atoms with Crippen molar-refractivity contribution in [2.24, 2.45) is 0 Å². The van der Waals surface area contributed by atoms with E-state index in [1.807, 2.05) is 30.3 Å². The van der Waals surface area contributed by atoms with Crippen LogP contribution in [0.15, 0.2) is 48.5 Å². The first-order valence-corrected chi connectivity index (χ1v) is 7.34. The predicted molar refractivity (Wildman–Crippen MR) is 84.2 cm³/mol. The summed E-state index contributed by atoms with van der Waals surface area (Å²) in [5.41, 5.74) is 0.901. The number of hydrogen-bond donors (Lipinski definition) is 1. The molecule has 0 bridgehead atoms. The Labute approximate surface area is 138 Å². The molecule has 24 heavy (non-hydrogen) atoms. The lowest BCUT2D eigenvalue weighted by molar-refractivity contribution is -0.145. The molecule has 2 aromatic rings. The minimum absolute atomic E-state index is 0.0530. The van der Waals surface area contributed by atoms with Crippen LogP contribution in [0.4, 0.5) is 8.78 Å². The summed E-state index contributed by atoms with van der Waals surface area (Å²) in [4.78, 5) is 23.9. The monoisotopic (exact) mass is 333 g/mol. The van der Waals surface area contributed by atoms with Crippen molar-refractivity contribution in [2.45, 2.75) is 18.9 Å². The van der Waals surface area contributed by atoms with Gasteiger partial charge in [0.1, 0.15) is 17.7 Å². The van der Waals surface area contributed by atoms with Crippen LogP contribution < -0.4 is 5.32 Å². The van der Waals surface area contributed by atoms with Gasteiger partial charge in [0, 0.05) is 12.5 Å². The maximum Gasteiger partial charge on any atom is 0.328 e. The fourth-order valence-electron chi connectivity index (χ4n) is 2.27. The topological polar surface area (TPSA) is 55.4 Å². The van der Waals surface area contributed by atoms with Gasteiger partial charge in [0.2, 0.25) is 5.91 Å². The number of esters is 1. The molecule has 1 N–H and O–H groups in total. The van der Waals surface area contributed by atoms with Crippen LogP contribution in [0.1, 0.15) is 11.1 Å². The lowest BCUT2D eigenvalue weighted by Crippen LogP contribution is -2.43. The van der Waals surface area contributed by atoms with Crippen molar-refractivity contribution in [3.05, 3.63) is 71.3 Å². The maximum atomic E-state index is 13.6. The molecule has 0 heterocycles. The highest BCUT2D eigenvalue weighted by Gasteiger charge is 2.22. The van der Waals surface area contributed by atoms with Crippen LogP contribution >= 0.6 is 0 Å². The van der Waals surface area contributed by atoms with Crippen LogP contribution in [0.25, 0.3) is 0 Å². The molecule has 6 heteroatoms. The number of carbonyl (C=O) groups is 2. The molecule has 0 saturated heterocycles. The highest BCUT2D eigenvalue weighted by molar-refractivity contribution is 5.85. The smallest absolute Gasteiger partial charge is 0.328 e. The van der Waals surface area contributed by atoms with Gasteiger partial charge >= 0.3 is 5.97 Å². The highest BCUT2D eigenvalue weighted by atomic mass is 19.1. The zero-order valence-electron chi connectivity index (χ0n) is 13.1. The Hall–Kier alpha value is -2.76.